The van der Waals surface area contributed by atoms with Crippen LogP contribution >= 0.6 is 11.6 Å². The van der Waals surface area contributed by atoms with Crippen LogP contribution in [0.25, 0.3) is 10.9 Å². The van der Waals surface area contributed by atoms with Gasteiger partial charge in [0.25, 0.3) is 5.91 Å². The summed E-state index contributed by atoms with van der Waals surface area (Å²) in [6.45, 7) is 5.30. The molecular weight excluding hydrogens is 422 g/mol. The lowest BCUT2D eigenvalue weighted by molar-refractivity contribution is -0.135. The Morgan fingerprint density at radius 1 is 1.03 bits per heavy atom. The number of fused-ring (bicyclic) bond motifs is 1. The first-order valence-electron chi connectivity index (χ1n) is 11.1. The first-order valence-corrected chi connectivity index (χ1v) is 11.5. The Kier molecular flexibility index (Phi) is 6.75. The number of piperidine rings is 1. The molecule has 0 saturated carbocycles. The smallest absolute Gasteiger partial charge is 0.252 e. The van der Waals surface area contributed by atoms with Gasteiger partial charge in [0.1, 0.15) is 6.04 Å². The van der Waals surface area contributed by atoms with E-state index in [9.17, 15) is 9.59 Å². The molecular formula is C26H28ClN3O2. The minimum absolute atomic E-state index is 0.0127. The number of likely N-dealkylation sites (tertiary alicyclic amines) is 1. The third-order valence-corrected chi connectivity index (χ3v) is 6.51. The number of nitrogens with one attached hydrogen (secondary N) is 1. The van der Waals surface area contributed by atoms with Gasteiger partial charge in [-0.2, -0.15) is 0 Å². The summed E-state index contributed by atoms with van der Waals surface area (Å²) in [6.07, 6.45) is 3.44. The molecule has 166 valence electrons. The molecule has 1 fully saturated rings. The van der Waals surface area contributed by atoms with Gasteiger partial charge in [0.2, 0.25) is 5.91 Å². The highest BCUT2D eigenvalue weighted by molar-refractivity contribution is 6.30. The highest BCUT2D eigenvalue weighted by Gasteiger charge is 2.32. The molecule has 0 spiro atoms. The summed E-state index contributed by atoms with van der Waals surface area (Å²) in [4.78, 5) is 32.7. The summed E-state index contributed by atoms with van der Waals surface area (Å²) >= 11 is 6.01. The number of carbonyl (C=O) groups excluding carboxylic acids is 2. The summed E-state index contributed by atoms with van der Waals surface area (Å²) in [5.74, 6) is 0.146. The number of pyridine rings is 1. The van der Waals surface area contributed by atoms with Gasteiger partial charge < -0.3 is 10.2 Å². The van der Waals surface area contributed by atoms with Crippen LogP contribution in [0.5, 0.6) is 0 Å². The lowest BCUT2D eigenvalue weighted by Gasteiger charge is -2.35. The summed E-state index contributed by atoms with van der Waals surface area (Å²) in [6, 6.07) is 16.7. The quantitative estimate of drug-likeness (QED) is 0.593. The Morgan fingerprint density at radius 3 is 2.41 bits per heavy atom. The van der Waals surface area contributed by atoms with Gasteiger partial charge in [-0.1, -0.05) is 55.8 Å². The minimum Gasteiger partial charge on any atom is -0.341 e. The van der Waals surface area contributed by atoms with Crippen LogP contribution in [0.4, 0.5) is 0 Å². The van der Waals surface area contributed by atoms with Crippen molar-refractivity contribution in [1.82, 2.24) is 15.2 Å². The molecule has 1 saturated heterocycles. The van der Waals surface area contributed by atoms with Crippen LogP contribution in [0.15, 0.2) is 60.8 Å². The number of halogens is 1. The second-order valence-corrected chi connectivity index (χ2v) is 9.16. The highest BCUT2D eigenvalue weighted by atomic mass is 35.5. The predicted octanol–water partition coefficient (Wildman–Crippen LogP) is 5.05. The second kappa shape index (κ2) is 9.70. The summed E-state index contributed by atoms with van der Waals surface area (Å²) in [5.41, 5.74) is 2.56. The van der Waals surface area contributed by atoms with Crippen molar-refractivity contribution in [2.45, 2.75) is 38.6 Å². The number of hydrogen-bond donors (Lipinski definition) is 1. The number of carbonyl (C=O) groups is 2. The molecule has 0 aliphatic carbocycles. The molecule has 3 aromatic rings. The van der Waals surface area contributed by atoms with Gasteiger partial charge in [-0.05, 0) is 54.5 Å². The van der Waals surface area contributed by atoms with Crippen molar-refractivity contribution in [2.75, 3.05) is 13.1 Å². The Labute approximate surface area is 193 Å². The van der Waals surface area contributed by atoms with E-state index in [0.29, 0.717) is 24.6 Å². The van der Waals surface area contributed by atoms with Crippen LogP contribution in [-0.2, 0) is 4.79 Å². The third-order valence-electron chi connectivity index (χ3n) is 6.26. The van der Waals surface area contributed by atoms with Crippen molar-refractivity contribution in [3.8, 4) is 0 Å². The van der Waals surface area contributed by atoms with Gasteiger partial charge in [0, 0.05) is 29.7 Å². The molecule has 1 atom stereocenters. The molecule has 5 nitrogen and oxygen atoms in total. The first-order chi connectivity index (χ1) is 15.4. The van der Waals surface area contributed by atoms with Crippen molar-refractivity contribution in [3.63, 3.8) is 0 Å². The maximum atomic E-state index is 13.3. The number of nitrogens with zero attached hydrogens (tertiary/aromatic N) is 2. The fraction of sp³-hybridized carbons (Fsp3) is 0.346. The van der Waals surface area contributed by atoms with Crippen LogP contribution in [0.3, 0.4) is 0 Å². The lowest BCUT2D eigenvalue weighted by atomic mass is 9.89. The molecule has 1 N–H and O–H groups in total. The Bertz CT molecular complexity index is 1100. The van der Waals surface area contributed by atoms with Crippen LogP contribution in [0.2, 0.25) is 5.02 Å². The normalized spacial score (nSPS) is 15.7. The predicted molar refractivity (Wildman–Crippen MR) is 128 cm³/mol. The number of amides is 2. The molecule has 2 heterocycles. The number of rotatable bonds is 5. The number of para-hydroxylation sites is 1. The monoisotopic (exact) mass is 449 g/mol. The average molecular weight is 450 g/mol. The Balaban J connectivity index is 1.44. The molecule has 0 unspecified atom stereocenters. The molecule has 4 rings (SSSR count). The zero-order valence-electron chi connectivity index (χ0n) is 18.4. The SMILES string of the molecule is CC(C)[C@@H](NC(=O)c1ccnc2ccccc12)C(=O)N1CCC(c2ccc(Cl)cc2)CC1. The maximum Gasteiger partial charge on any atom is 0.252 e. The molecule has 2 aromatic carbocycles. The zero-order valence-corrected chi connectivity index (χ0v) is 19.2. The van der Waals surface area contributed by atoms with Gasteiger partial charge >= 0.3 is 0 Å². The summed E-state index contributed by atoms with van der Waals surface area (Å²) < 4.78 is 0. The molecule has 6 heteroatoms. The largest absolute Gasteiger partial charge is 0.341 e. The van der Waals surface area contributed by atoms with Crippen molar-refractivity contribution in [3.05, 3.63) is 76.9 Å². The standard InChI is InChI=1S/C26H28ClN3O2/c1-17(2)24(29-25(31)22-11-14-28-23-6-4-3-5-21(22)23)26(32)30-15-12-19(13-16-30)18-7-9-20(27)10-8-18/h3-11,14,17,19,24H,12-13,15-16H2,1-2H3,(H,29,31)/t24-/m1/s1. The van der Waals surface area contributed by atoms with E-state index in [2.05, 4.69) is 22.4 Å². The fourth-order valence-corrected chi connectivity index (χ4v) is 4.52. The van der Waals surface area contributed by atoms with Crippen LogP contribution < -0.4 is 5.32 Å². The molecule has 0 bridgehead atoms. The van der Waals surface area contributed by atoms with Gasteiger partial charge in [-0.3, -0.25) is 14.6 Å². The average Bonchev–Trinajstić information content (AvgIpc) is 2.82. The van der Waals surface area contributed by atoms with E-state index in [1.807, 2.05) is 55.1 Å². The van der Waals surface area contributed by atoms with E-state index < -0.39 is 6.04 Å². The van der Waals surface area contributed by atoms with Crippen molar-refractivity contribution < 1.29 is 9.59 Å². The molecule has 2 amide bonds. The Hall–Kier alpha value is -2.92. The molecule has 1 aliphatic rings. The summed E-state index contributed by atoms with van der Waals surface area (Å²) in [5, 5.41) is 4.52. The maximum absolute atomic E-state index is 13.3. The second-order valence-electron chi connectivity index (χ2n) is 8.72. The molecule has 0 radical (unpaired) electrons. The van der Waals surface area contributed by atoms with E-state index in [0.717, 1.165) is 28.8 Å². The topological polar surface area (TPSA) is 62.3 Å². The lowest BCUT2D eigenvalue weighted by Crippen LogP contribution is -2.52. The van der Waals surface area contributed by atoms with Crippen molar-refractivity contribution >= 4 is 34.3 Å². The van der Waals surface area contributed by atoms with Crippen molar-refractivity contribution in [2.24, 2.45) is 5.92 Å². The van der Waals surface area contributed by atoms with Gasteiger partial charge in [0.15, 0.2) is 0 Å². The van der Waals surface area contributed by atoms with Crippen LogP contribution in [-0.4, -0.2) is 40.8 Å². The van der Waals surface area contributed by atoms with Crippen molar-refractivity contribution in [1.29, 1.82) is 0 Å². The van der Waals surface area contributed by atoms with Gasteiger partial charge in [-0.25, -0.2) is 0 Å². The Morgan fingerprint density at radius 2 is 1.72 bits per heavy atom. The summed E-state index contributed by atoms with van der Waals surface area (Å²) in [7, 11) is 0. The third kappa shape index (κ3) is 4.78. The molecule has 1 aromatic heterocycles. The van der Waals surface area contributed by atoms with E-state index in [-0.39, 0.29) is 17.7 Å². The van der Waals surface area contributed by atoms with Crippen LogP contribution in [0, 0.1) is 5.92 Å². The highest BCUT2D eigenvalue weighted by Crippen LogP contribution is 2.29. The van der Waals surface area contributed by atoms with E-state index in [4.69, 9.17) is 11.6 Å². The number of benzene rings is 2. The van der Waals surface area contributed by atoms with E-state index >= 15 is 0 Å². The number of hydrogen-bond acceptors (Lipinski definition) is 3. The minimum atomic E-state index is -0.568. The zero-order chi connectivity index (χ0) is 22.7. The fourth-order valence-electron chi connectivity index (χ4n) is 4.39. The molecule has 32 heavy (non-hydrogen) atoms. The van der Waals surface area contributed by atoms with Crippen LogP contribution in [0.1, 0.15) is 48.5 Å². The van der Waals surface area contributed by atoms with E-state index in [1.165, 1.54) is 5.56 Å². The van der Waals surface area contributed by atoms with Gasteiger partial charge in [-0.15, -0.1) is 0 Å². The molecule has 1 aliphatic heterocycles. The van der Waals surface area contributed by atoms with E-state index in [1.54, 1.807) is 12.3 Å². The van der Waals surface area contributed by atoms with Gasteiger partial charge in [0.05, 0.1) is 11.1 Å². The first kappa shape index (κ1) is 22.3. The number of aromatic nitrogens is 1.